The van der Waals surface area contributed by atoms with Gasteiger partial charge in [-0.25, -0.2) is 4.79 Å². The van der Waals surface area contributed by atoms with Crippen molar-refractivity contribution in [3.05, 3.63) is 35.5 Å². The summed E-state index contributed by atoms with van der Waals surface area (Å²) in [6, 6.07) is 8.45. The lowest BCUT2D eigenvalue weighted by atomic mass is 9.62. The summed E-state index contributed by atoms with van der Waals surface area (Å²) in [7, 11) is 1.37. The summed E-state index contributed by atoms with van der Waals surface area (Å²) in [5.41, 5.74) is 1.69. The number of hydrogen-bond donors (Lipinski definition) is 1. The second kappa shape index (κ2) is 5.33. The number of aliphatic hydroxyl groups is 1. The molecule has 1 saturated heterocycles. The molecule has 3 aliphatic rings. The summed E-state index contributed by atoms with van der Waals surface area (Å²) in [6.45, 7) is 4.36. The van der Waals surface area contributed by atoms with Crippen molar-refractivity contribution in [1.29, 1.82) is 0 Å². The molecular formula is C21H26N2O3. The van der Waals surface area contributed by atoms with Gasteiger partial charge in [-0.15, -0.1) is 0 Å². The highest BCUT2D eigenvalue weighted by Gasteiger charge is 2.60. The van der Waals surface area contributed by atoms with Gasteiger partial charge in [0.2, 0.25) is 5.72 Å². The molecule has 3 atom stereocenters. The highest BCUT2D eigenvalue weighted by molar-refractivity contribution is 5.90. The molecule has 0 saturated carbocycles. The van der Waals surface area contributed by atoms with Crippen molar-refractivity contribution in [3.63, 3.8) is 0 Å². The van der Waals surface area contributed by atoms with Crippen LogP contribution in [0.4, 0.5) is 0 Å². The van der Waals surface area contributed by atoms with Gasteiger partial charge in [-0.05, 0) is 49.3 Å². The van der Waals surface area contributed by atoms with Gasteiger partial charge in [-0.2, -0.15) is 0 Å². The number of fused-ring (bicyclic) bond motifs is 3. The highest BCUT2D eigenvalue weighted by Crippen LogP contribution is 2.60. The van der Waals surface area contributed by atoms with Crippen LogP contribution in [0.2, 0.25) is 0 Å². The van der Waals surface area contributed by atoms with Crippen molar-refractivity contribution in [2.24, 2.45) is 5.41 Å². The zero-order valence-electron chi connectivity index (χ0n) is 15.5. The summed E-state index contributed by atoms with van der Waals surface area (Å²) in [4.78, 5) is 15.4. The highest BCUT2D eigenvalue weighted by atomic mass is 16.5. The Balaban J connectivity index is 1.89. The fourth-order valence-corrected chi connectivity index (χ4v) is 6.10. The third kappa shape index (κ3) is 1.80. The van der Waals surface area contributed by atoms with Crippen molar-refractivity contribution in [1.82, 2.24) is 9.47 Å². The molecule has 5 heteroatoms. The zero-order chi connectivity index (χ0) is 18.1. The molecule has 3 aliphatic heterocycles. The predicted molar refractivity (Wildman–Crippen MR) is 98.7 cm³/mol. The molecule has 138 valence electrons. The van der Waals surface area contributed by atoms with E-state index in [1.54, 1.807) is 0 Å². The number of carbonyl (C=O) groups is 1. The van der Waals surface area contributed by atoms with Gasteiger partial charge in [-0.1, -0.05) is 25.1 Å². The third-order valence-corrected chi connectivity index (χ3v) is 7.18. The quantitative estimate of drug-likeness (QED) is 0.843. The normalized spacial score (nSPS) is 33.1. The Morgan fingerprint density at radius 2 is 2.15 bits per heavy atom. The molecule has 5 nitrogen and oxygen atoms in total. The van der Waals surface area contributed by atoms with Crippen LogP contribution in [0.3, 0.4) is 0 Å². The first kappa shape index (κ1) is 16.3. The average Bonchev–Trinajstić information content (AvgIpc) is 3.02. The maximum Gasteiger partial charge on any atom is 0.359 e. The Kier molecular flexibility index (Phi) is 3.35. The standard InChI is InChI=1S/C21H26N2O3/c1-3-20-10-6-11-22-12-9-15-14-7-4-5-8-16(14)23(17(15)18(20)22)21(25,13-20)19(24)26-2/h4-5,7-8,18,25H,3,6,9-13H2,1-2H3/t18?,20-,21-/m1/s1. The van der Waals surface area contributed by atoms with Crippen LogP contribution in [0.25, 0.3) is 10.9 Å². The molecule has 0 amide bonds. The number of hydrogen-bond acceptors (Lipinski definition) is 4. The number of para-hydroxylation sites is 1. The van der Waals surface area contributed by atoms with E-state index in [1.807, 2.05) is 22.8 Å². The number of ether oxygens (including phenoxy) is 1. The lowest BCUT2D eigenvalue weighted by molar-refractivity contribution is -0.194. The topological polar surface area (TPSA) is 54.7 Å². The number of methoxy groups -OCH3 is 1. The van der Waals surface area contributed by atoms with E-state index in [1.165, 1.54) is 18.1 Å². The molecule has 0 radical (unpaired) electrons. The van der Waals surface area contributed by atoms with E-state index in [9.17, 15) is 9.90 Å². The first-order chi connectivity index (χ1) is 12.6. The molecule has 1 fully saturated rings. The van der Waals surface area contributed by atoms with Crippen LogP contribution >= 0.6 is 0 Å². The van der Waals surface area contributed by atoms with Gasteiger partial charge in [0.05, 0.1) is 18.7 Å². The number of carbonyl (C=O) groups excluding carboxylic acids is 1. The monoisotopic (exact) mass is 354 g/mol. The van der Waals surface area contributed by atoms with Gasteiger partial charge in [0.15, 0.2) is 0 Å². The van der Waals surface area contributed by atoms with E-state index < -0.39 is 11.7 Å². The molecule has 0 bridgehead atoms. The fourth-order valence-electron chi connectivity index (χ4n) is 6.10. The number of esters is 1. The summed E-state index contributed by atoms with van der Waals surface area (Å²) >= 11 is 0. The van der Waals surface area contributed by atoms with E-state index in [2.05, 4.69) is 17.9 Å². The number of piperidine rings is 1. The summed E-state index contributed by atoms with van der Waals surface area (Å²) in [6.07, 6.45) is 4.52. The van der Waals surface area contributed by atoms with Gasteiger partial charge in [0.1, 0.15) is 0 Å². The van der Waals surface area contributed by atoms with Crippen molar-refractivity contribution in [2.75, 3.05) is 20.2 Å². The fraction of sp³-hybridized carbons (Fsp3) is 0.571. The molecule has 2 aromatic rings. The molecule has 0 aliphatic carbocycles. The molecule has 1 aromatic carbocycles. The number of aromatic nitrogens is 1. The molecular weight excluding hydrogens is 328 g/mol. The van der Waals surface area contributed by atoms with Crippen molar-refractivity contribution in [3.8, 4) is 0 Å². The largest absolute Gasteiger partial charge is 0.465 e. The average molecular weight is 354 g/mol. The van der Waals surface area contributed by atoms with Gasteiger partial charge >= 0.3 is 5.97 Å². The second-order valence-electron chi connectivity index (χ2n) is 8.21. The molecule has 1 aromatic heterocycles. The van der Waals surface area contributed by atoms with E-state index in [0.717, 1.165) is 50.0 Å². The van der Waals surface area contributed by atoms with Crippen molar-refractivity contribution >= 4 is 16.9 Å². The SMILES string of the molecule is CC[C@@]12CCCN3CCc4c(n(c5ccccc45)[C@](O)(C(=O)OC)C1)C32. The second-order valence-corrected chi connectivity index (χ2v) is 8.21. The molecule has 4 heterocycles. The molecule has 1 unspecified atom stereocenters. The number of rotatable bonds is 2. The van der Waals surface area contributed by atoms with Crippen LogP contribution in [-0.2, 0) is 21.7 Å². The van der Waals surface area contributed by atoms with Crippen molar-refractivity contribution in [2.45, 2.75) is 50.8 Å². The minimum atomic E-state index is -1.63. The minimum Gasteiger partial charge on any atom is -0.465 e. The van der Waals surface area contributed by atoms with Crippen molar-refractivity contribution < 1.29 is 14.6 Å². The van der Waals surface area contributed by atoms with E-state index in [4.69, 9.17) is 4.74 Å². The molecule has 26 heavy (non-hydrogen) atoms. The van der Waals surface area contributed by atoms with Crippen LogP contribution in [0.15, 0.2) is 24.3 Å². The smallest absolute Gasteiger partial charge is 0.359 e. The Labute approximate surface area is 153 Å². The third-order valence-electron chi connectivity index (χ3n) is 7.18. The molecule has 0 spiro atoms. The Morgan fingerprint density at radius 3 is 2.92 bits per heavy atom. The number of nitrogens with zero attached hydrogens (tertiary/aromatic N) is 2. The Morgan fingerprint density at radius 1 is 1.35 bits per heavy atom. The van der Waals surface area contributed by atoms with Crippen LogP contribution in [0.5, 0.6) is 0 Å². The Hall–Kier alpha value is -1.85. The van der Waals surface area contributed by atoms with Crippen LogP contribution in [-0.4, -0.2) is 40.7 Å². The number of benzene rings is 1. The van der Waals surface area contributed by atoms with E-state index >= 15 is 0 Å². The maximum atomic E-state index is 12.8. The van der Waals surface area contributed by atoms with Gasteiger partial charge in [0, 0.05) is 24.0 Å². The van der Waals surface area contributed by atoms with Crippen LogP contribution in [0.1, 0.15) is 49.9 Å². The lowest BCUT2D eigenvalue weighted by Gasteiger charge is -2.57. The molecule has 1 N–H and O–H groups in total. The first-order valence-electron chi connectivity index (χ1n) is 9.73. The van der Waals surface area contributed by atoms with Gasteiger partial charge < -0.3 is 14.4 Å². The maximum absolute atomic E-state index is 12.8. The van der Waals surface area contributed by atoms with Crippen LogP contribution < -0.4 is 0 Å². The zero-order valence-corrected chi connectivity index (χ0v) is 15.5. The van der Waals surface area contributed by atoms with E-state index in [0.29, 0.717) is 6.42 Å². The minimum absolute atomic E-state index is 0.0826. The van der Waals surface area contributed by atoms with Gasteiger partial charge in [0.25, 0.3) is 0 Å². The lowest BCUT2D eigenvalue weighted by Crippen LogP contribution is -2.60. The summed E-state index contributed by atoms with van der Waals surface area (Å²) < 4.78 is 7.01. The summed E-state index contributed by atoms with van der Waals surface area (Å²) in [5.74, 6) is -0.546. The predicted octanol–water partition coefficient (Wildman–Crippen LogP) is 2.95. The van der Waals surface area contributed by atoms with Gasteiger partial charge in [-0.3, -0.25) is 4.90 Å². The Bertz CT molecular complexity index is 904. The van der Waals surface area contributed by atoms with E-state index in [-0.39, 0.29) is 11.5 Å². The molecule has 5 rings (SSSR count). The van der Waals surface area contributed by atoms with Crippen LogP contribution in [0, 0.1) is 5.41 Å². The summed E-state index contributed by atoms with van der Waals surface area (Å²) in [5, 5.41) is 12.9. The first-order valence-corrected chi connectivity index (χ1v) is 9.73.